The molecule has 0 radical (unpaired) electrons. The van der Waals surface area contributed by atoms with E-state index < -0.39 is 5.97 Å². The van der Waals surface area contributed by atoms with Gasteiger partial charge >= 0.3 is 0 Å². The molecule has 0 saturated heterocycles. The lowest BCUT2D eigenvalue weighted by Crippen LogP contribution is -2.22. The molecule has 0 bridgehead atoms. The predicted octanol–water partition coefficient (Wildman–Crippen LogP) is 3.52. The lowest BCUT2D eigenvalue weighted by Gasteiger charge is -2.23. The van der Waals surface area contributed by atoms with Crippen molar-refractivity contribution in [2.24, 2.45) is 5.10 Å². The summed E-state index contributed by atoms with van der Waals surface area (Å²) < 4.78 is 0. The smallest absolute Gasteiger partial charge is 0.0716 e. The van der Waals surface area contributed by atoms with Gasteiger partial charge < -0.3 is 14.8 Å². The standard InChI is InChI=1S/C23H23N3O2/c1-2-26(17-19-7-4-3-5-8-19)22-13-11-18(12-14-22)16-24-25-21-10-6-9-20(15-21)23(27)28/h3-16,25H,2,17H2,1H3,(H,27,28)/p-1/b24-16-. The van der Waals surface area contributed by atoms with Crippen molar-refractivity contribution in [3.8, 4) is 0 Å². The molecule has 0 amide bonds. The van der Waals surface area contributed by atoms with Crippen molar-refractivity contribution >= 4 is 23.6 Å². The molecule has 3 aromatic carbocycles. The maximum absolute atomic E-state index is 10.9. The number of rotatable bonds is 8. The summed E-state index contributed by atoms with van der Waals surface area (Å²) in [6.45, 7) is 3.92. The number of aromatic carboxylic acids is 1. The monoisotopic (exact) mass is 372 g/mol. The maximum atomic E-state index is 10.9. The van der Waals surface area contributed by atoms with Crippen LogP contribution in [-0.4, -0.2) is 18.7 Å². The Morgan fingerprint density at radius 2 is 1.79 bits per heavy atom. The van der Waals surface area contributed by atoms with E-state index >= 15 is 0 Å². The Balaban J connectivity index is 1.62. The van der Waals surface area contributed by atoms with E-state index in [-0.39, 0.29) is 5.56 Å². The largest absolute Gasteiger partial charge is 0.545 e. The highest BCUT2D eigenvalue weighted by molar-refractivity contribution is 5.87. The number of benzene rings is 3. The maximum Gasteiger partial charge on any atom is 0.0716 e. The number of hydrazone groups is 1. The van der Waals surface area contributed by atoms with Crippen LogP contribution in [0.4, 0.5) is 11.4 Å². The molecule has 0 aliphatic carbocycles. The number of nitrogens with one attached hydrogen (secondary N) is 1. The molecule has 0 aliphatic heterocycles. The molecule has 0 fully saturated rings. The number of carbonyl (C=O) groups excluding carboxylic acids is 1. The predicted molar refractivity (Wildman–Crippen MR) is 112 cm³/mol. The Hall–Kier alpha value is -3.60. The Morgan fingerprint density at radius 1 is 1.04 bits per heavy atom. The van der Waals surface area contributed by atoms with Gasteiger partial charge in [-0.3, -0.25) is 5.43 Å². The second kappa shape index (κ2) is 9.37. The number of carbonyl (C=O) groups is 1. The van der Waals surface area contributed by atoms with E-state index in [4.69, 9.17) is 0 Å². The first-order valence-electron chi connectivity index (χ1n) is 9.15. The number of nitrogens with zero attached hydrogens (tertiary/aromatic N) is 2. The number of carboxylic acid groups (broad SMARTS) is 1. The topological polar surface area (TPSA) is 67.8 Å². The first-order valence-corrected chi connectivity index (χ1v) is 9.15. The zero-order chi connectivity index (χ0) is 19.8. The third-order valence-electron chi connectivity index (χ3n) is 4.36. The molecule has 5 heteroatoms. The van der Waals surface area contributed by atoms with Gasteiger partial charge in [0.05, 0.1) is 17.9 Å². The molecule has 0 spiro atoms. The number of hydrogen-bond acceptors (Lipinski definition) is 5. The molecule has 0 saturated carbocycles. The average molecular weight is 372 g/mol. The van der Waals surface area contributed by atoms with Crippen molar-refractivity contribution in [2.45, 2.75) is 13.5 Å². The van der Waals surface area contributed by atoms with Crippen molar-refractivity contribution in [1.82, 2.24) is 0 Å². The highest BCUT2D eigenvalue weighted by atomic mass is 16.4. The molecule has 0 atom stereocenters. The third kappa shape index (κ3) is 5.20. The summed E-state index contributed by atoms with van der Waals surface area (Å²) in [5, 5.41) is 15.1. The minimum atomic E-state index is -1.21. The van der Waals surface area contributed by atoms with Crippen LogP contribution in [0.3, 0.4) is 0 Å². The van der Waals surface area contributed by atoms with E-state index in [1.165, 1.54) is 17.7 Å². The minimum absolute atomic E-state index is 0.114. The molecule has 5 nitrogen and oxygen atoms in total. The molecular weight excluding hydrogens is 350 g/mol. The third-order valence-corrected chi connectivity index (χ3v) is 4.36. The summed E-state index contributed by atoms with van der Waals surface area (Å²) >= 11 is 0. The Morgan fingerprint density at radius 3 is 2.46 bits per heavy atom. The zero-order valence-electron chi connectivity index (χ0n) is 15.7. The summed E-state index contributed by atoms with van der Waals surface area (Å²) in [7, 11) is 0. The van der Waals surface area contributed by atoms with Crippen LogP contribution >= 0.6 is 0 Å². The van der Waals surface area contributed by atoms with Crippen LogP contribution in [0.15, 0.2) is 84.0 Å². The zero-order valence-corrected chi connectivity index (χ0v) is 15.7. The number of carboxylic acids is 1. The van der Waals surface area contributed by atoms with Crippen LogP contribution in [0.25, 0.3) is 0 Å². The van der Waals surface area contributed by atoms with Crippen molar-refractivity contribution in [3.05, 3.63) is 95.6 Å². The van der Waals surface area contributed by atoms with Crippen molar-refractivity contribution in [3.63, 3.8) is 0 Å². The van der Waals surface area contributed by atoms with E-state index in [9.17, 15) is 9.90 Å². The summed E-state index contributed by atoms with van der Waals surface area (Å²) in [4.78, 5) is 13.2. The first-order chi connectivity index (χ1) is 13.7. The van der Waals surface area contributed by atoms with E-state index in [0.717, 1.165) is 24.3 Å². The lowest BCUT2D eigenvalue weighted by molar-refractivity contribution is -0.255. The molecule has 0 aromatic heterocycles. The van der Waals surface area contributed by atoms with Crippen molar-refractivity contribution in [1.29, 1.82) is 0 Å². The van der Waals surface area contributed by atoms with Crippen LogP contribution in [0.5, 0.6) is 0 Å². The van der Waals surface area contributed by atoms with Crippen LogP contribution < -0.4 is 15.4 Å². The van der Waals surface area contributed by atoms with E-state index in [1.807, 2.05) is 18.2 Å². The summed E-state index contributed by atoms with van der Waals surface area (Å²) in [5.41, 5.74) is 6.92. The molecule has 3 rings (SSSR count). The first kappa shape index (κ1) is 19.2. The molecule has 0 unspecified atom stereocenters. The summed E-state index contributed by atoms with van der Waals surface area (Å²) in [6.07, 6.45) is 1.70. The molecule has 28 heavy (non-hydrogen) atoms. The van der Waals surface area contributed by atoms with Crippen LogP contribution in [0.1, 0.15) is 28.4 Å². The molecule has 0 heterocycles. The quantitative estimate of drug-likeness (QED) is 0.485. The van der Waals surface area contributed by atoms with Gasteiger partial charge in [-0.1, -0.05) is 54.6 Å². The average Bonchev–Trinajstić information content (AvgIpc) is 2.73. The SMILES string of the molecule is CCN(Cc1ccccc1)c1ccc(/C=N\Nc2cccc(C(=O)[O-])c2)cc1. The van der Waals surface area contributed by atoms with Crippen LogP contribution in [0.2, 0.25) is 0 Å². The summed E-state index contributed by atoms with van der Waals surface area (Å²) in [6, 6.07) is 24.9. The fourth-order valence-electron chi connectivity index (χ4n) is 2.86. The number of hydrogen-bond donors (Lipinski definition) is 1. The Labute approximate surface area is 165 Å². The van der Waals surface area contributed by atoms with Gasteiger partial charge in [0.2, 0.25) is 0 Å². The van der Waals surface area contributed by atoms with Gasteiger partial charge in [0.25, 0.3) is 0 Å². The minimum Gasteiger partial charge on any atom is -0.545 e. The highest BCUT2D eigenvalue weighted by Gasteiger charge is 2.05. The second-order valence-electron chi connectivity index (χ2n) is 6.33. The summed E-state index contributed by atoms with van der Waals surface area (Å²) in [5.74, 6) is -1.21. The second-order valence-corrected chi connectivity index (χ2v) is 6.33. The lowest BCUT2D eigenvalue weighted by atomic mass is 10.1. The fraction of sp³-hybridized carbons (Fsp3) is 0.130. The van der Waals surface area contributed by atoms with Gasteiger partial charge in [0.15, 0.2) is 0 Å². The van der Waals surface area contributed by atoms with E-state index in [2.05, 4.69) is 58.7 Å². The van der Waals surface area contributed by atoms with Gasteiger partial charge in [-0.25, -0.2) is 0 Å². The van der Waals surface area contributed by atoms with E-state index in [0.29, 0.717) is 5.69 Å². The van der Waals surface area contributed by atoms with Crippen LogP contribution in [-0.2, 0) is 6.54 Å². The highest BCUT2D eigenvalue weighted by Crippen LogP contribution is 2.17. The normalized spacial score (nSPS) is 10.8. The van der Waals surface area contributed by atoms with Gasteiger partial charge in [-0.2, -0.15) is 5.10 Å². The van der Waals surface area contributed by atoms with Gasteiger partial charge in [0, 0.05) is 18.8 Å². The van der Waals surface area contributed by atoms with Gasteiger partial charge in [-0.15, -0.1) is 0 Å². The molecular formula is C23H22N3O2-. The molecule has 1 N–H and O–H groups in total. The Bertz CT molecular complexity index is 938. The fourth-order valence-corrected chi connectivity index (χ4v) is 2.86. The van der Waals surface area contributed by atoms with Crippen molar-refractivity contribution < 1.29 is 9.90 Å². The molecule has 142 valence electrons. The van der Waals surface area contributed by atoms with Crippen molar-refractivity contribution in [2.75, 3.05) is 16.9 Å². The molecule has 0 aliphatic rings. The molecule has 3 aromatic rings. The van der Waals surface area contributed by atoms with Gasteiger partial charge in [-0.05, 0) is 47.9 Å². The van der Waals surface area contributed by atoms with Gasteiger partial charge in [0.1, 0.15) is 0 Å². The Kier molecular flexibility index (Phi) is 6.41. The number of anilines is 2. The van der Waals surface area contributed by atoms with E-state index in [1.54, 1.807) is 18.3 Å². The van der Waals surface area contributed by atoms with Crippen LogP contribution in [0, 0.1) is 0 Å².